The smallest absolute Gasteiger partial charge is 0.255 e. The number of hydrogen-bond donors (Lipinski definition) is 7. The number of fused-ring (bicyclic) bond motifs is 3. The van der Waals surface area contributed by atoms with Crippen molar-refractivity contribution >= 4 is 28.9 Å². The Morgan fingerprint density at radius 1 is 1.20 bits per heavy atom. The van der Waals surface area contributed by atoms with Crippen LogP contribution in [-0.2, 0) is 27.3 Å². The Bertz CT molecular complexity index is 1330. The van der Waals surface area contributed by atoms with Crippen LogP contribution in [0.4, 0.5) is 5.69 Å². The van der Waals surface area contributed by atoms with Crippen LogP contribution in [0.1, 0.15) is 36.5 Å². The van der Waals surface area contributed by atoms with E-state index in [-0.39, 0.29) is 48.9 Å². The van der Waals surface area contributed by atoms with Crippen molar-refractivity contribution in [1.29, 1.82) is 0 Å². The van der Waals surface area contributed by atoms with Crippen molar-refractivity contribution < 1.29 is 39.9 Å². The van der Waals surface area contributed by atoms with Crippen molar-refractivity contribution in [1.82, 2.24) is 10.2 Å². The van der Waals surface area contributed by atoms with Crippen LogP contribution >= 0.6 is 0 Å². The number of aliphatic hydroxyl groups excluding tert-OH is 3. The summed E-state index contributed by atoms with van der Waals surface area (Å²) in [5.41, 5.74) is 3.47. The number of nitrogens with two attached hydrogens (primary N) is 1. The zero-order valence-corrected chi connectivity index (χ0v) is 23.4. The van der Waals surface area contributed by atoms with Gasteiger partial charge < -0.3 is 41.5 Å². The molecule has 1 amide bonds. The van der Waals surface area contributed by atoms with Gasteiger partial charge in [0.05, 0.1) is 11.6 Å². The monoisotopic (exact) mass is 558 g/mol. The molecule has 8 N–H and O–H groups in total. The van der Waals surface area contributed by atoms with Crippen LogP contribution < -0.4 is 16.0 Å². The van der Waals surface area contributed by atoms with E-state index >= 15 is 0 Å². The van der Waals surface area contributed by atoms with E-state index in [0.717, 1.165) is 0 Å². The molecule has 1 aromatic carbocycles. The standard InChI is InChI=1S/C28H38N4O8/c1-12(6-7-33)30-11-14-10-17(31(2)3)15-8-13-9-16-21(32(4)5)24(36)20(27(29)39)26(38)28(16,40)25(37)18(13)23(35)19(15)22(14)34/h10,12-13,16,21,30,33-35,38,40H,6-9,11H2,1-5H3,(H2,29,39)/t12?,13-,16+,21-,28+/m1/s1. The lowest BCUT2D eigenvalue weighted by atomic mass is 9.57. The predicted octanol–water partition coefficient (Wildman–Crippen LogP) is -0.109. The third-order valence-corrected chi connectivity index (χ3v) is 8.46. The van der Waals surface area contributed by atoms with Crippen LogP contribution in [0, 0.1) is 11.8 Å². The topological polar surface area (TPSA) is 197 Å². The molecular weight excluding hydrogens is 520 g/mol. The number of anilines is 1. The van der Waals surface area contributed by atoms with Crippen molar-refractivity contribution in [2.45, 2.75) is 50.4 Å². The second-order valence-electron chi connectivity index (χ2n) is 11.4. The fourth-order valence-corrected chi connectivity index (χ4v) is 6.46. The zero-order chi connectivity index (χ0) is 29.8. The highest BCUT2D eigenvalue weighted by molar-refractivity contribution is 6.24. The molecule has 3 aliphatic carbocycles. The van der Waals surface area contributed by atoms with Crippen molar-refractivity contribution in [2.24, 2.45) is 17.6 Å². The number of phenolic OH excluding ortho intramolecular Hbond substituents is 1. The van der Waals surface area contributed by atoms with Gasteiger partial charge in [-0.2, -0.15) is 0 Å². The van der Waals surface area contributed by atoms with Gasteiger partial charge in [-0.15, -0.1) is 0 Å². The summed E-state index contributed by atoms with van der Waals surface area (Å²) < 4.78 is 0. The number of aromatic hydroxyl groups is 1. The van der Waals surface area contributed by atoms with E-state index in [0.29, 0.717) is 23.2 Å². The number of ketones is 2. The van der Waals surface area contributed by atoms with Gasteiger partial charge in [-0.25, -0.2) is 0 Å². The second kappa shape index (κ2) is 10.5. The Morgan fingerprint density at radius 3 is 2.40 bits per heavy atom. The van der Waals surface area contributed by atoms with Crippen LogP contribution in [0.25, 0.3) is 5.76 Å². The molecule has 1 saturated carbocycles. The van der Waals surface area contributed by atoms with Gasteiger partial charge in [0.1, 0.15) is 22.8 Å². The maximum atomic E-state index is 14.0. The number of carbonyl (C=O) groups excluding carboxylic acids is 3. The van der Waals surface area contributed by atoms with Gasteiger partial charge in [0.2, 0.25) is 5.78 Å². The minimum Gasteiger partial charge on any atom is -0.508 e. The van der Waals surface area contributed by atoms with Crippen molar-refractivity contribution in [3.05, 3.63) is 39.7 Å². The van der Waals surface area contributed by atoms with Gasteiger partial charge >= 0.3 is 0 Å². The number of benzene rings is 1. The molecule has 0 heterocycles. The molecule has 3 aliphatic rings. The highest BCUT2D eigenvalue weighted by Crippen LogP contribution is 2.54. The van der Waals surface area contributed by atoms with E-state index < -0.39 is 58.0 Å². The first kappa shape index (κ1) is 29.5. The number of aliphatic hydroxyl groups is 4. The average Bonchev–Trinajstić information content (AvgIpc) is 2.85. The molecule has 1 unspecified atom stereocenters. The Kier molecular flexibility index (Phi) is 7.76. The van der Waals surface area contributed by atoms with Crippen molar-refractivity contribution in [3.63, 3.8) is 0 Å². The largest absolute Gasteiger partial charge is 0.508 e. The molecular formula is C28H38N4O8. The number of nitrogens with one attached hydrogen (secondary N) is 1. The number of likely N-dealkylation sites (N-methyl/N-ethyl adjacent to an activating group) is 1. The van der Waals surface area contributed by atoms with E-state index in [9.17, 15) is 39.9 Å². The molecule has 4 rings (SSSR count). The SMILES string of the molecule is CC(CCO)NCc1cc(N(C)C)c2c(c1O)C(O)=C1C(=O)[C@]3(O)C(O)=C(C(N)=O)C(=O)[C@H](N(C)C)[C@@H]3C[C@H]1C2. The van der Waals surface area contributed by atoms with Gasteiger partial charge in [0, 0.05) is 56.0 Å². The van der Waals surface area contributed by atoms with Crippen LogP contribution in [0.2, 0.25) is 0 Å². The molecule has 5 atom stereocenters. The summed E-state index contributed by atoms with van der Waals surface area (Å²) in [5.74, 6) is -6.75. The van der Waals surface area contributed by atoms with Crippen LogP contribution in [0.3, 0.4) is 0 Å². The van der Waals surface area contributed by atoms with Crippen LogP contribution in [0.5, 0.6) is 5.75 Å². The molecule has 218 valence electrons. The normalized spacial score (nSPS) is 26.9. The summed E-state index contributed by atoms with van der Waals surface area (Å²) in [6, 6.07) is 0.610. The molecule has 1 fully saturated rings. The van der Waals surface area contributed by atoms with Crippen LogP contribution in [-0.4, -0.2) is 100 Å². The molecule has 40 heavy (non-hydrogen) atoms. The Morgan fingerprint density at radius 2 is 1.85 bits per heavy atom. The van der Waals surface area contributed by atoms with Crippen molar-refractivity contribution in [2.75, 3.05) is 39.7 Å². The van der Waals surface area contributed by atoms with E-state index in [1.807, 2.05) is 25.9 Å². The molecule has 1 aromatic rings. The number of rotatable bonds is 8. The zero-order valence-electron chi connectivity index (χ0n) is 23.4. The summed E-state index contributed by atoms with van der Waals surface area (Å²) in [7, 11) is 6.75. The minimum absolute atomic E-state index is 0.00733. The maximum Gasteiger partial charge on any atom is 0.255 e. The number of carbonyl (C=O) groups is 3. The first-order chi connectivity index (χ1) is 18.7. The van der Waals surface area contributed by atoms with E-state index in [1.54, 1.807) is 20.2 Å². The first-order valence-corrected chi connectivity index (χ1v) is 13.2. The van der Waals surface area contributed by atoms with Gasteiger partial charge in [0.25, 0.3) is 5.91 Å². The summed E-state index contributed by atoms with van der Waals surface area (Å²) >= 11 is 0. The summed E-state index contributed by atoms with van der Waals surface area (Å²) in [6.07, 6.45) is 0.740. The van der Waals surface area contributed by atoms with E-state index in [2.05, 4.69) is 5.32 Å². The number of primary amides is 1. The first-order valence-electron chi connectivity index (χ1n) is 13.2. The van der Waals surface area contributed by atoms with Gasteiger partial charge in [-0.3, -0.25) is 19.3 Å². The third-order valence-electron chi connectivity index (χ3n) is 8.46. The van der Waals surface area contributed by atoms with E-state index in [4.69, 9.17) is 5.73 Å². The van der Waals surface area contributed by atoms with Gasteiger partial charge in [-0.05, 0) is 57.8 Å². The molecule has 12 heteroatoms. The second-order valence-corrected chi connectivity index (χ2v) is 11.4. The molecule has 0 radical (unpaired) electrons. The summed E-state index contributed by atoms with van der Waals surface area (Å²) in [6.45, 7) is 2.09. The summed E-state index contributed by atoms with van der Waals surface area (Å²) in [4.78, 5) is 42.7. The average molecular weight is 559 g/mol. The number of amides is 1. The Labute approximate surface area is 232 Å². The molecule has 0 bridgehead atoms. The lowest BCUT2D eigenvalue weighted by Crippen LogP contribution is -2.65. The lowest BCUT2D eigenvalue weighted by Gasteiger charge is -2.50. The maximum absolute atomic E-state index is 14.0. The van der Waals surface area contributed by atoms with Crippen LogP contribution in [0.15, 0.2) is 23.0 Å². The summed E-state index contributed by atoms with van der Waals surface area (Å²) in [5, 5.41) is 58.0. The lowest BCUT2D eigenvalue weighted by molar-refractivity contribution is -0.153. The highest BCUT2D eigenvalue weighted by atomic mass is 16.3. The molecule has 12 nitrogen and oxygen atoms in total. The molecule has 0 aliphatic heterocycles. The molecule has 0 saturated heterocycles. The van der Waals surface area contributed by atoms with Gasteiger partial charge in [0.15, 0.2) is 11.4 Å². The quantitative estimate of drug-likeness (QED) is 0.210. The third kappa shape index (κ3) is 4.35. The number of hydrogen-bond acceptors (Lipinski definition) is 11. The highest BCUT2D eigenvalue weighted by Gasteiger charge is 2.64. The number of nitrogens with zero attached hydrogens (tertiary/aromatic N) is 2. The number of phenols is 1. The fraction of sp³-hybridized carbons (Fsp3) is 0.536. The number of Topliss-reactive ketones (excluding diaryl/α,β-unsaturated/α-hetero) is 2. The van der Waals surface area contributed by atoms with Gasteiger partial charge in [-0.1, -0.05) is 0 Å². The molecule has 0 spiro atoms. The Balaban J connectivity index is 1.91. The van der Waals surface area contributed by atoms with Crippen molar-refractivity contribution in [3.8, 4) is 5.75 Å². The predicted molar refractivity (Wildman–Crippen MR) is 147 cm³/mol. The fourth-order valence-electron chi connectivity index (χ4n) is 6.46. The molecule has 0 aromatic heterocycles. The minimum atomic E-state index is -2.68. The van der Waals surface area contributed by atoms with E-state index in [1.165, 1.54) is 4.90 Å². The Hall–Kier alpha value is -3.45.